The molecule has 0 unspecified atom stereocenters. The number of hydrogen-bond acceptors (Lipinski definition) is 3. The van der Waals surface area contributed by atoms with Gasteiger partial charge in [-0.1, -0.05) is 58.8 Å². The van der Waals surface area contributed by atoms with Crippen LogP contribution < -0.4 is 5.32 Å². The summed E-state index contributed by atoms with van der Waals surface area (Å²) in [6, 6.07) is 0. The number of allylic oxidation sites excluding steroid dienone is 5. The molecule has 0 heterocycles. The van der Waals surface area contributed by atoms with Crippen molar-refractivity contribution in [3.63, 3.8) is 0 Å². The molecule has 4 nitrogen and oxygen atoms in total. The SMILES string of the molecule is CC(C)=CC(=O)C[C@H](C)[C@@H]1CC[C@]2(C)C3=CC[C@H]4C(C)(C)C(=O)/C(=C\NC=O)[C@]4(C)[C@@H]3CC[C@@]12C. The molecule has 4 heteroatoms. The first-order chi connectivity index (χ1) is 16.2. The zero-order valence-corrected chi connectivity index (χ0v) is 23.1. The summed E-state index contributed by atoms with van der Waals surface area (Å²) in [7, 11) is 0. The van der Waals surface area contributed by atoms with E-state index in [0.717, 1.165) is 43.3 Å². The average Bonchev–Trinajstić information content (AvgIpc) is 3.12. The van der Waals surface area contributed by atoms with Crippen LogP contribution in [0.2, 0.25) is 0 Å². The summed E-state index contributed by atoms with van der Waals surface area (Å²) in [6.07, 6.45) is 12.7. The van der Waals surface area contributed by atoms with Gasteiger partial charge >= 0.3 is 0 Å². The molecule has 0 aliphatic heterocycles. The molecular formula is C31H45NO3. The molecule has 3 fully saturated rings. The van der Waals surface area contributed by atoms with E-state index in [1.165, 1.54) is 5.57 Å². The van der Waals surface area contributed by atoms with Gasteiger partial charge in [0.25, 0.3) is 0 Å². The van der Waals surface area contributed by atoms with Crippen LogP contribution in [0.1, 0.15) is 93.9 Å². The lowest BCUT2D eigenvalue weighted by atomic mass is 9.44. The normalized spacial score (nSPS) is 41.4. The Morgan fingerprint density at radius 3 is 2.46 bits per heavy atom. The Labute approximate surface area is 212 Å². The Morgan fingerprint density at radius 2 is 1.83 bits per heavy atom. The standard InChI is InChI=1S/C31H45NO3/c1-19(2)15-21(34)16-20(3)22-11-13-30(7)23-9-10-26-28(4,5)27(35)25(17-32-18-33)31(26,8)24(23)12-14-29(22,30)6/h9,15,17-18,20,22,24,26H,10-14,16H2,1-8H3,(H,32,33)/b25-17+/t20-,22-,24+,26-,29-,30+,31-/m0/s1. The third-order valence-electron chi connectivity index (χ3n) is 11.3. The van der Waals surface area contributed by atoms with Crippen LogP contribution in [0, 0.1) is 45.3 Å². The van der Waals surface area contributed by atoms with Crippen LogP contribution in [0.4, 0.5) is 0 Å². The summed E-state index contributed by atoms with van der Waals surface area (Å²) in [5.41, 5.74) is 2.92. The van der Waals surface area contributed by atoms with Crippen LogP contribution >= 0.6 is 0 Å². The summed E-state index contributed by atoms with van der Waals surface area (Å²) in [5.74, 6) is 1.85. The smallest absolute Gasteiger partial charge is 0.211 e. The number of Topliss-reactive ketones (excluding diaryl/α,β-unsaturated/α-hetero) is 1. The molecule has 0 aromatic rings. The highest BCUT2D eigenvalue weighted by Crippen LogP contribution is 2.74. The first-order valence-corrected chi connectivity index (χ1v) is 13.6. The van der Waals surface area contributed by atoms with E-state index in [-0.39, 0.29) is 33.7 Å². The van der Waals surface area contributed by atoms with E-state index in [1.807, 2.05) is 13.8 Å². The van der Waals surface area contributed by atoms with Gasteiger partial charge in [-0.2, -0.15) is 0 Å². The molecule has 0 aromatic carbocycles. The van der Waals surface area contributed by atoms with E-state index in [1.54, 1.807) is 12.3 Å². The molecule has 0 bridgehead atoms. The highest BCUT2D eigenvalue weighted by Gasteiger charge is 2.68. The van der Waals surface area contributed by atoms with Gasteiger partial charge in [0.15, 0.2) is 11.6 Å². The molecule has 192 valence electrons. The molecule has 0 saturated heterocycles. The van der Waals surface area contributed by atoms with E-state index in [4.69, 9.17) is 0 Å². The monoisotopic (exact) mass is 479 g/mol. The lowest BCUT2D eigenvalue weighted by molar-refractivity contribution is -0.123. The van der Waals surface area contributed by atoms with Crippen molar-refractivity contribution in [1.29, 1.82) is 0 Å². The molecule has 3 saturated carbocycles. The number of carbonyl (C=O) groups excluding carboxylic acids is 3. The van der Waals surface area contributed by atoms with Crippen LogP contribution in [-0.2, 0) is 14.4 Å². The molecule has 4 rings (SSSR count). The summed E-state index contributed by atoms with van der Waals surface area (Å²) >= 11 is 0. The minimum Gasteiger partial charge on any atom is -0.335 e. The van der Waals surface area contributed by atoms with Crippen LogP contribution in [0.5, 0.6) is 0 Å². The predicted molar refractivity (Wildman–Crippen MR) is 140 cm³/mol. The number of hydrogen-bond donors (Lipinski definition) is 1. The van der Waals surface area contributed by atoms with Gasteiger partial charge in [0.1, 0.15) is 0 Å². The molecule has 1 N–H and O–H groups in total. The Hall–Kier alpha value is -1.97. The molecule has 0 spiro atoms. The largest absolute Gasteiger partial charge is 0.335 e. The van der Waals surface area contributed by atoms with Crippen molar-refractivity contribution < 1.29 is 14.4 Å². The van der Waals surface area contributed by atoms with E-state index in [9.17, 15) is 14.4 Å². The Bertz CT molecular complexity index is 1030. The molecule has 7 atom stereocenters. The molecule has 1 amide bonds. The minimum absolute atomic E-state index is 0.0708. The first kappa shape index (κ1) is 26.1. The number of nitrogens with one attached hydrogen (secondary N) is 1. The van der Waals surface area contributed by atoms with Crippen LogP contribution in [0.15, 0.2) is 35.1 Å². The van der Waals surface area contributed by atoms with Gasteiger partial charge in [0.2, 0.25) is 6.41 Å². The van der Waals surface area contributed by atoms with Crippen LogP contribution in [-0.4, -0.2) is 18.0 Å². The maximum atomic E-state index is 13.6. The number of ketones is 2. The van der Waals surface area contributed by atoms with Gasteiger partial charge in [-0.3, -0.25) is 14.4 Å². The highest BCUT2D eigenvalue weighted by molar-refractivity contribution is 6.04. The third kappa shape index (κ3) is 3.56. The summed E-state index contributed by atoms with van der Waals surface area (Å²) < 4.78 is 0. The van der Waals surface area contributed by atoms with E-state index >= 15 is 0 Å². The molecule has 0 aromatic heterocycles. The number of amides is 1. The first-order valence-electron chi connectivity index (χ1n) is 13.6. The molecule has 4 aliphatic carbocycles. The van der Waals surface area contributed by atoms with Gasteiger partial charge in [-0.15, -0.1) is 0 Å². The summed E-state index contributed by atoms with van der Waals surface area (Å²) in [4.78, 5) is 37.4. The predicted octanol–water partition coefficient (Wildman–Crippen LogP) is 6.57. The fourth-order valence-corrected chi connectivity index (χ4v) is 9.36. The quantitative estimate of drug-likeness (QED) is 0.266. The second kappa shape index (κ2) is 8.56. The Balaban J connectivity index is 1.70. The zero-order valence-electron chi connectivity index (χ0n) is 23.1. The topological polar surface area (TPSA) is 63.2 Å². The van der Waals surface area contributed by atoms with Crippen LogP contribution in [0.25, 0.3) is 0 Å². The van der Waals surface area contributed by atoms with Gasteiger partial charge < -0.3 is 5.32 Å². The fraction of sp³-hybridized carbons (Fsp3) is 0.710. The van der Waals surface area contributed by atoms with Crippen molar-refractivity contribution in [1.82, 2.24) is 5.32 Å². The van der Waals surface area contributed by atoms with Crippen molar-refractivity contribution in [3.05, 3.63) is 35.1 Å². The van der Waals surface area contributed by atoms with Gasteiger partial charge in [-0.25, -0.2) is 0 Å². The lowest BCUT2D eigenvalue weighted by Gasteiger charge is -2.59. The molecule has 4 aliphatic rings. The van der Waals surface area contributed by atoms with Gasteiger partial charge in [-0.05, 0) is 86.5 Å². The minimum atomic E-state index is -0.438. The summed E-state index contributed by atoms with van der Waals surface area (Å²) in [6.45, 7) is 17.7. The van der Waals surface area contributed by atoms with E-state index in [0.29, 0.717) is 30.6 Å². The second-order valence-electron chi connectivity index (χ2n) is 13.5. The third-order valence-corrected chi connectivity index (χ3v) is 11.3. The summed E-state index contributed by atoms with van der Waals surface area (Å²) in [5, 5.41) is 2.71. The fourth-order valence-electron chi connectivity index (χ4n) is 9.36. The van der Waals surface area contributed by atoms with Crippen molar-refractivity contribution in [3.8, 4) is 0 Å². The second-order valence-corrected chi connectivity index (χ2v) is 13.5. The molecule has 0 radical (unpaired) electrons. The van der Waals surface area contributed by atoms with Crippen molar-refractivity contribution >= 4 is 18.0 Å². The molecular weight excluding hydrogens is 434 g/mol. The van der Waals surface area contributed by atoms with Crippen molar-refractivity contribution in [2.45, 2.75) is 93.9 Å². The average molecular weight is 480 g/mol. The Kier molecular flexibility index (Phi) is 6.38. The number of rotatable bonds is 6. The van der Waals surface area contributed by atoms with Crippen molar-refractivity contribution in [2.24, 2.45) is 45.3 Å². The van der Waals surface area contributed by atoms with Crippen molar-refractivity contribution in [2.75, 3.05) is 0 Å². The Morgan fingerprint density at radius 1 is 1.14 bits per heavy atom. The maximum Gasteiger partial charge on any atom is 0.211 e. The molecule has 35 heavy (non-hydrogen) atoms. The number of carbonyl (C=O) groups is 3. The maximum absolute atomic E-state index is 13.6. The van der Waals surface area contributed by atoms with Gasteiger partial charge in [0.05, 0.1) is 0 Å². The van der Waals surface area contributed by atoms with Crippen LogP contribution in [0.3, 0.4) is 0 Å². The van der Waals surface area contributed by atoms with E-state index < -0.39 is 5.41 Å². The van der Waals surface area contributed by atoms with Gasteiger partial charge in [0, 0.05) is 29.0 Å². The van der Waals surface area contributed by atoms with E-state index in [2.05, 4.69) is 52.9 Å². The highest BCUT2D eigenvalue weighted by atomic mass is 16.1. The lowest BCUT2D eigenvalue weighted by Crippen LogP contribution is -2.52. The number of fused-ring (bicyclic) bond motifs is 5. The zero-order chi connectivity index (χ0) is 26.0.